The molecule has 0 bridgehead atoms. The normalized spacial score (nSPS) is 11.2. The first-order chi connectivity index (χ1) is 4.57. The van der Waals surface area contributed by atoms with Crippen LogP contribution in [0.15, 0.2) is 0 Å². The number of esters is 2. The standard InChI is InChI=1S/C5H9NO3S.Mg.2H/c1-3(7)9-5(8)4(6)2-10;;;/h4,10H,2,6H2,1H3;;;/q;+2;2*-1. The van der Waals surface area contributed by atoms with E-state index in [2.05, 4.69) is 17.4 Å². The molecule has 0 amide bonds. The fraction of sp³-hybridized carbons (Fsp3) is 0.600. The minimum atomic E-state index is -0.813. The van der Waals surface area contributed by atoms with Crippen molar-refractivity contribution in [2.45, 2.75) is 13.0 Å². The van der Waals surface area contributed by atoms with Gasteiger partial charge in [0.05, 0.1) is 0 Å². The fourth-order valence-electron chi connectivity index (χ4n) is 0.292. The first-order valence-corrected chi connectivity index (χ1v) is 3.30. The van der Waals surface area contributed by atoms with Crippen LogP contribution >= 0.6 is 12.6 Å². The zero-order valence-electron chi connectivity index (χ0n) is 8.24. The van der Waals surface area contributed by atoms with Gasteiger partial charge in [-0.15, -0.1) is 0 Å². The van der Waals surface area contributed by atoms with Crippen LogP contribution in [-0.2, 0) is 14.3 Å². The molecule has 62 valence electrons. The van der Waals surface area contributed by atoms with Gasteiger partial charge in [-0.2, -0.15) is 12.6 Å². The molecule has 0 spiro atoms. The van der Waals surface area contributed by atoms with E-state index in [4.69, 9.17) is 5.73 Å². The molecule has 0 aromatic rings. The summed E-state index contributed by atoms with van der Waals surface area (Å²) in [6.07, 6.45) is 0. The maximum atomic E-state index is 10.6. The van der Waals surface area contributed by atoms with Crippen LogP contribution in [0.1, 0.15) is 9.78 Å². The molecule has 0 fully saturated rings. The van der Waals surface area contributed by atoms with Crippen LogP contribution in [0.5, 0.6) is 0 Å². The third-order valence-electron chi connectivity index (χ3n) is 0.744. The Hall–Kier alpha value is 0.216. The van der Waals surface area contributed by atoms with Gasteiger partial charge in [0.15, 0.2) is 0 Å². The first-order valence-electron chi connectivity index (χ1n) is 2.66. The molecule has 6 heteroatoms. The third kappa shape index (κ3) is 6.61. The van der Waals surface area contributed by atoms with Gasteiger partial charge in [0.2, 0.25) is 0 Å². The van der Waals surface area contributed by atoms with Crippen molar-refractivity contribution in [1.29, 1.82) is 0 Å². The molecule has 0 aliphatic rings. The van der Waals surface area contributed by atoms with E-state index in [-0.39, 0.29) is 31.7 Å². The third-order valence-corrected chi connectivity index (χ3v) is 1.14. The van der Waals surface area contributed by atoms with Gasteiger partial charge in [-0.25, -0.2) is 4.79 Å². The molecular formula is C5H11MgNO3S. The van der Waals surface area contributed by atoms with Crippen LogP contribution < -0.4 is 5.73 Å². The van der Waals surface area contributed by atoms with Gasteiger partial charge < -0.3 is 13.3 Å². The predicted molar refractivity (Wildman–Crippen MR) is 46.6 cm³/mol. The van der Waals surface area contributed by atoms with E-state index < -0.39 is 18.0 Å². The predicted octanol–water partition coefficient (Wildman–Crippen LogP) is -0.823. The maximum absolute atomic E-state index is 10.6. The van der Waals surface area contributed by atoms with Gasteiger partial charge in [0, 0.05) is 12.7 Å². The monoisotopic (exact) mass is 189 g/mol. The number of hydrogen-bond donors (Lipinski definition) is 2. The Kier molecular flexibility index (Phi) is 8.64. The Morgan fingerprint density at radius 1 is 1.73 bits per heavy atom. The number of ether oxygens (including phenoxy) is 1. The second-order valence-electron chi connectivity index (χ2n) is 1.70. The topological polar surface area (TPSA) is 69.4 Å². The average molecular weight is 190 g/mol. The number of nitrogens with two attached hydrogens (primary N) is 1. The van der Waals surface area contributed by atoms with Crippen molar-refractivity contribution in [2.75, 3.05) is 5.75 Å². The van der Waals surface area contributed by atoms with Crippen molar-refractivity contribution < 1.29 is 17.2 Å². The maximum Gasteiger partial charge on any atom is 2.00 e. The van der Waals surface area contributed by atoms with Crippen LogP contribution in [-0.4, -0.2) is 46.8 Å². The van der Waals surface area contributed by atoms with Crippen LogP contribution in [0.3, 0.4) is 0 Å². The number of thiol groups is 1. The second kappa shape index (κ2) is 6.90. The zero-order valence-corrected chi connectivity index (χ0v) is 8.55. The summed E-state index contributed by atoms with van der Waals surface area (Å²) in [6, 6.07) is -0.813. The molecule has 0 radical (unpaired) electrons. The van der Waals surface area contributed by atoms with E-state index in [0.29, 0.717) is 0 Å². The van der Waals surface area contributed by atoms with Gasteiger partial charge >= 0.3 is 35.0 Å². The Morgan fingerprint density at radius 2 is 2.18 bits per heavy atom. The molecule has 0 saturated carbocycles. The van der Waals surface area contributed by atoms with Gasteiger partial charge in [-0.1, -0.05) is 0 Å². The van der Waals surface area contributed by atoms with E-state index in [9.17, 15) is 9.59 Å². The number of hydrogen-bond acceptors (Lipinski definition) is 5. The molecule has 1 atom stereocenters. The summed E-state index contributed by atoms with van der Waals surface area (Å²) in [5.74, 6) is -1.21. The summed E-state index contributed by atoms with van der Waals surface area (Å²) in [5, 5.41) is 0. The molecule has 0 aromatic heterocycles. The molecule has 11 heavy (non-hydrogen) atoms. The summed E-state index contributed by atoms with van der Waals surface area (Å²) >= 11 is 3.74. The molecule has 0 aromatic carbocycles. The van der Waals surface area contributed by atoms with Crippen molar-refractivity contribution >= 4 is 47.6 Å². The molecule has 0 heterocycles. The van der Waals surface area contributed by atoms with E-state index >= 15 is 0 Å². The molecule has 0 rings (SSSR count). The van der Waals surface area contributed by atoms with Gasteiger partial charge in [0.25, 0.3) is 0 Å². The van der Waals surface area contributed by atoms with Gasteiger partial charge in [-0.3, -0.25) is 4.79 Å². The second-order valence-corrected chi connectivity index (χ2v) is 2.07. The largest absolute Gasteiger partial charge is 2.00 e. The van der Waals surface area contributed by atoms with Gasteiger partial charge in [-0.05, 0) is 0 Å². The van der Waals surface area contributed by atoms with Crippen molar-refractivity contribution in [3.05, 3.63) is 0 Å². The Morgan fingerprint density at radius 3 is 2.45 bits per heavy atom. The Labute approximate surface area is 89.4 Å². The number of rotatable bonds is 2. The van der Waals surface area contributed by atoms with Crippen molar-refractivity contribution in [2.24, 2.45) is 5.73 Å². The van der Waals surface area contributed by atoms with Crippen molar-refractivity contribution in [1.82, 2.24) is 0 Å². The van der Waals surface area contributed by atoms with Crippen molar-refractivity contribution in [3.63, 3.8) is 0 Å². The SMILES string of the molecule is CC(=O)OC(=O)C(N)CS.[H-].[H-].[Mg+2]. The summed E-state index contributed by atoms with van der Waals surface area (Å²) in [6.45, 7) is 1.14. The Bertz CT molecular complexity index is 161. The number of carbonyl (C=O) groups is 2. The molecule has 1 unspecified atom stereocenters. The summed E-state index contributed by atoms with van der Waals surface area (Å²) in [7, 11) is 0. The van der Waals surface area contributed by atoms with E-state index in [1.165, 1.54) is 0 Å². The van der Waals surface area contributed by atoms with Crippen LogP contribution in [0, 0.1) is 0 Å². The van der Waals surface area contributed by atoms with Crippen LogP contribution in [0.2, 0.25) is 0 Å². The Balaban J connectivity index is -0.000000135. The molecule has 4 nitrogen and oxygen atoms in total. The van der Waals surface area contributed by atoms with E-state index in [1.54, 1.807) is 0 Å². The van der Waals surface area contributed by atoms with Gasteiger partial charge in [0.1, 0.15) is 6.04 Å². The summed E-state index contributed by atoms with van der Waals surface area (Å²) in [5.41, 5.74) is 5.16. The molecular weight excluding hydrogens is 178 g/mol. The minimum Gasteiger partial charge on any atom is -1.00 e. The fourth-order valence-corrected chi connectivity index (χ4v) is 0.441. The summed E-state index contributed by atoms with van der Waals surface area (Å²) in [4.78, 5) is 20.7. The molecule has 2 N–H and O–H groups in total. The van der Waals surface area contributed by atoms with Crippen molar-refractivity contribution in [3.8, 4) is 0 Å². The molecule has 0 saturated heterocycles. The smallest absolute Gasteiger partial charge is 1.00 e. The quantitative estimate of drug-likeness (QED) is 0.258. The van der Waals surface area contributed by atoms with E-state index in [1.807, 2.05) is 0 Å². The van der Waals surface area contributed by atoms with E-state index in [0.717, 1.165) is 6.92 Å². The molecule has 0 aliphatic heterocycles. The zero-order chi connectivity index (χ0) is 8.15. The summed E-state index contributed by atoms with van der Waals surface area (Å²) < 4.78 is 4.15. The van der Waals surface area contributed by atoms with Crippen LogP contribution in [0.4, 0.5) is 0 Å². The van der Waals surface area contributed by atoms with Crippen LogP contribution in [0.25, 0.3) is 0 Å². The minimum absolute atomic E-state index is 0. The number of carbonyl (C=O) groups excluding carboxylic acids is 2. The first kappa shape index (κ1) is 13.8. The molecule has 0 aliphatic carbocycles. The average Bonchev–Trinajstić information content (AvgIpc) is 1.85.